The topological polar surface area (TPSA) is 82.8 Å². The molecular formula is C15H27N2O4P. The van der Waals surface area contributed by atoms with Crippen LogP contribution < -0.4 is 15.8 Å². The molecule has 0 aliphatic carbocycles. The predicted octanol–water partition coefficient (Wildman–Crippen LogP) is 3.74. The summed E-state index contributed by atoms with van der Waals surface area (Å²) in [6, 6.07) is 5.49. The molecule has 0 saturated carbocycles. The standard InChI is InChI=1S/C15H27N2O4P/c1-4-17-15-12-13(8-9-14(15)16)19-10-7-11-22(18,20-5-2)21-6-3/h8-9,12,17H,4-7,10-11,16H2,1-3H3. The third-order valence-corrected chi connectivity index (χ3v) is 5.06. The second-order valence-electron chi connectivity index (χ2n) is 4.65. The molecule has 0 unspecified atom stereocenters. The van der Waals surface area contributed by atoms with Crippen LogP contribution in [0.5, 0.6) is 5.75 Å². The van der Waals surface area contributed by atoms with E-state index in [-0.39, 0.29) is 0 Å². The van der Waals surface area contributed by atoms with E-state index in [1.54, 1.807) is 19.9 Å². The number of nitrogens with one attached hydrogen (secondary N) is 1. The Labute approximate surface area is 132 Å². The first-order valence-electron chi connectivity index (χ1n) is 7.69. The second-order valence-corrected chi connectivity index (χ2v) is 6.84. The zero-order valence-corrected chi connectivity index (χ0v) is 14.5. The molecule has 0 bridgehead atoms. The van der Waals surface area contributed by atoms with E-state index in [2.05, 4.69) is 5.32 Å². The first-order valence-corrected chi connectivity index (χ1v) is 9.41. The molecule has 1 rings (SSSR count). The van der Waals surface area contributed by atoms with Crippen LogP contribution in [0.15, 0.2) is 18.2 Å². The second kappa shape index (κ2) is 9.72. The average Bonchev–Trinajstić information content (AvgIpc) is 2.47. The van der Waals surface area contributed by atoms with Gasteiger partial charge in [-0.1, -0.05) is 0 Å². The summed E-state index contributed by atoms with van der Waals surface area (Å²) in [6.45, 7) is 7.60. The minimum absolute atomic E-state index is 0.351. The van der Waals surface area contributed by atoms with E-state index < -0.39 is 7.60 Å². The predicted molar refractivity (Wildman–Crippen MR) is 90.9 cm³/mol. The lowest BCUT2D eigenvalue weighted by atomic mass is 10.2. The van der Waals surface area contributed by atoms with Crippen LogP contribution in [-0.2, 0) is 13.6 Å². The highest BCUT2D eigenvalue weighted by Gasteiger charge is 2.22. The van der Waals surface area contributed by atoms with Crippen molar-refractivity contribution in [3.05, 3.63) is 18.2 Å². The summed E-state index contributed by atoms with van der Waals surface area (Å²) in [4.78, 5) is 0. The first-order chi connectivity index (χ1) is 10.5. The highest BCUT2D eigenvalue weighted by molar-refractivity contribution is 7.53. The van der Waals surface area contributed by atoms with Gasteiger partial charge in [0.1, 0.15) is 5.75 Å². The van der Waals surface area contributed by atoms with E-state index in [0.29, 0.717) is 38.1 Å². The van der Waals surface area contributed by atoms with E-state index in [0.717, 1.165) is 18.0 Å². The van der Waals surface area contributed by atoms with Gasteiger partial charge in [-0.05, 0) is 39.3 Å². The summed E-state index contributed by atoms with van der Waals surface area (Å²) in [5.74, 6) is 0.729. The van der Waals surface area contributed by atoms with Gasteiger partial charge in [-0.25, -0.2) is 0 Å². The SMILES string of the molecule is CCNc1cc(OCCCP(=O)(OCC)OCC)ccc1N. The lowest BCUT2D eigenvalue weighted by Crippen LogP contribution is -2.06. The molecule has 0 fully saturated rings. The Bertz CT molecular complexity index is 486. The van der Waals surface area contributed by atoms with Crippen LogP contribution >= 0.6 is 7.60 Å². The summed E-state index contributed by atoms with van der Waals surface area (Å²) >= 11 is 0. The fourth-order valence-corrected chi connectivity index (χ4v) is 3.61. The van der Waals surface area contributed by atoms with Crippen LogP contribution in [-0.4, -0.2) is 32.5 Å². The molecule has 0 saturated heterocycles. The quantitative estimate of drug-likeness (QED) is 0.365. The molecule has 1 aromatic rings. The summed E-state index contributed by atoms with van der Waals surface area (Å²) in [6.07, 6.45) is 0.946. The molecular weight excluding hydrogens is 303 g/mol. The van der Waals surface area contributed by atoms with Crippen molar-refractivity contribution < 1.29 is 18.3 Å². The number of benzene rings is 1. The third kappa shape index (κ3) is 6.26. The van der Waals surface area contributed by atoms with Crippen molar-refractivity contribution in [3.8, 4) is 5.75 Å². The number of nitrogen functional groups attached to an aromatic ring is 1. The maximum atomic E-state index is 12.3. The molecule has 126 valence electrons. The smallest absolute Gasteiger partial charge is 0.330 e. The van der Waals surface area contributed by atoms with Crippen LogP contribution in [0.25, 0.3) is 0 Å². The minimum Gasteiger partial charge on any atom is -0.493 e. The van der Waals surface area contributed by atoms with E-state index in [9.17, 15) is 4.57 Å². The van der Waals surface area contributed by atoms with Gasteiger partial charge < -0.3 is 24.8 Å². The van der Waals surface area contributed by atoms with Gasteiger partial charge in [0.05, 0.1) is 37.4 Å². The van der Waals surface area contributed by atoms with Crippen molar-refractivity contribution in [2.24, 2.45) is 0 Å². The Balaban J connectivity index is 2.46. The lowest BCUT2D eigenvalue weighted by molar-refractivity contribution is 0.216. The van der Waals surface area contributed by atoms with Crippen molar-refractivity contribution in [2.45, 2.75) is 27.2 Å². The van der Waals surface area contributed by atoms with E-state index in [4.69, 9.17) is 19.5 Å². The molecule has 0 aromatic heterocycles. The number of ether oxygens (including phenoxy) is 1. The maximum absolute atomic E-state index is 12.3. The van der Waals surface area contributed by atoms with Crippen molar-refractivity contribution in [1.29, 1.82) is 0 Å². The first kappa shape index (κ1) is 18.8. The molecule has 7 heteroatoms. The summed E-state index contributed by atoms with van der Waals surface area (Å²) in [7, 11) is -2.98. The monoisotopic (exact) mass is 330 g/mol. The van der Waals surface area contributed by atoms with E-state index in [1.807, 2.05) is 19.1 Å². The van der Waals surface area contributed by atoms with Gasteiger partial charge in [0, 0.05) is 12.6 Å². The summed E-state index contributed by atoms with van der Waals surface area (Å²) in [5, 5.41) is 3.17. The molecule has 0 spiro atoms. The molecule has 6 nitrogen and oxygen atoms in total. The van der Waals surface area contributed by atoms with Crippen LogP contribution in [0.1, 0.15) is 27.2 Å². The molecule has 0 amide bonds. The average molecular weight is 330 g/mol. The fraction of sp³-hybridized carbons (Fsp3) is 0.600. The Morgan fingerprint density at radius 2 is 1.86 bits per heavy atom. The molecule has 1 aromatic carbocycles. The van der Waals surface area contributed by atoms with Crippen molar-refractivity contribution in [2.75, 3.05) is 43.6 Å². The largest absolute Gasteiger partial charge is 0.493 e. The van der Waals surface area contributed by atoms with Gasteiger partial charge in [-0.2, -0.15) is 0 Å². The Morgan fingerprint density at radius 3 is 2.45 bits per heavy atom. The Kier molecular flexibility index (Phi) is 8.31. The summed E-state index contributed by atoms with van der Waals surface area (Å²) < 4.78 is 28.4. The Hall–Kier alpha value is -1.23. The third-order valence-electron chi connectivity index (χ3n) is 2.89. The molecule has 0 aliphatic heterocycles. The van der Waals surface area contributed by atoms with Crippen molar-refractivity contribution in [3.63, 3.8) is 0 Å². The lowest BCUT2D eigenvalue weighted by Gasteiger charge is -2.17. The molecule has 0 heterocycles. The van der Waals surface area contributed by atoms with Gasteiger partial charge in [0.2, 0.25) is 0 Å². The summed E-state index contributed by atoms with van der Waals surface area (Å²) in [5.41, 5.74) is 7.41. The molecule has 22 heavy (non-hydrogen) atoms. The molecule has 0 atom stereocenters. The van der Waals surface area contributed by atoms with Crippen LogP contribution in [0.4, 0.5) is 11.4 Å². The molecule has 0 radical (unpaired) electrons. The minimum atomic E-state index is -2.98. The number of hydrogen-bond acceptors (Lipinski definition) is 6. The van der Waals surface area contributed by atoms with Gasteiger partial charge in [0.25, 0.3) is 0 Å². The molecule has 0 aliphatic rings. The normalized spacial score (nSPS) is 11.4. The van der Waals surface area contributed by atoms with Crippen molar-refractivity contribution >= 4 is 19.0 Å². The Morgan fingerprint density at radius 1 is 1.18 bits per heavy atom. The van der Waals surface area contributed by atoms with Crippen LogP contribution in [0.2, 0.25) is 0 Å². The number of rotatable bonds is 11. The maximum Gasteiger partial charge on any atom is 0.330 e. The number of hydrogen-bond donors (Lipinski definition) is 2. The van der Waals surface area contributed by atoms with E-state index in [1.165, 1.54) is 0 Å². The van der Waals surface area contributed by atoms with Crippen LogP contribution in [0.3, 0.4) is 0 Å². The highest BCUT2D eigenvalue weighted by atomic mass is 31.2. The van der Waals surface area contributed by atoms with Crippen LogP contribution in [0, 0.1) is 0 Å². The van der Waals surface area contributed by atoms with Gasteiger partial charge in [0.15, 0.2) is 0 Å². The van der Waals surface area contributed by atoms with Gasteiger partial charge in [-0.15, -0.1) is 0 Å². The zero-order chi connectivity index (χ0) is 16.4. The number of nitrogens with two attached hydrogens (primary N) is 1. The van der Waals surface area contributed by atoms with Crippen molar-refractivity contribution in [1.82, 2.24) is 0 Å². The zero-order valence-electron chi connectivity index (χ0n) is 13.6. The van der Waals surface area contributed by atoms with E-state index >= 15 is 0 Å². The van der Waals surface area contributed by atoms with Gasteiger partial charge >= 0.3 is 7.60 Å². The fourth-order valence-electron chi connectivity index (χ4n) is 1.98. The molecule has 3 N–H and O–H groups in total. The highest BCUT2D eigenvalue weighted by Crippen LogP contribution is 2.48. The number of anilines is 2. The van der Waals surface area contributed by atoms with Gasteiger partial charge in [-0.3, -0.25) is 4.57 Å².